The predicted molar refractivity (Wildman–Crippen MR) is 89.1 cm³/mol. The van der Waals surface area contributed by atoms with Crippen molar-refractivity contribution in [2.75, 3.05) is 13.7 Å². The number of benzene rings is 1. The normalized spacial score (nSPS) is 21.5. The van der Waals surface area contributed by atoms with Crippen LogP contribution in [-0.2, 0) is 6.42 Å². The minimum Gasteiger partial charge on any atom is -0.497 e. The molecule has 1 heterocycles. The molecule has 0 saturated heterocycles. The lowest BCUT2D eigenvalue weighted by Gasteiger charge is -2.27. The molecule has 23 heavy (non-hydrogen) atoms. The van der Waals surface area contributed by atoms with E-state index in [0.29, 0.717) is 12.6 Å². The van der Waals surface area contributed by atoms with Gasteiger partial charge in [-0.05, 0) is 43.0 Å². The maximum atomic E-state index is 12.2. The van der Waals surface area contributed by atoms with Gasteiger partial charge in [-0.15, -0.1) is 0 Å². The molecule has 126 valence electrons. The van der Waals surface area contributed by atoms with E-state index in [2.05, 4.69) is 10.6 Å². The first-order valence-electron chi connectivity index (χ1n) is 8.61. The van der Waals surface area contributed by atoms with E-state index in [0.717, 1.165) is 36.3 Å². The van der Waals surface area contributed by atoms with Gasteiger partial charge in [-0.3, -0.25) is 0 Å². The van der Waals surface area contributed by atoms with E-state index >= 15 is 0 Å². The molecule has 2 amide bonds. The second-order valence-corrected chi connectivity index (χ2v) is 6.49. The van der Waals surface area contributed by atoms with Crippen molar-refractivity contribution in [1.29, 1.82) is 0 Å². The summed E-state index contributed by atoms with van der Waals surface area (Å²) in [6, 6.07) is 6.04. The van der Waals surface area contributed by atoms with Crippen LogP contribution < -0.4 is 20.1 Å². The van der Waals surface area contributed by atoms with Gasteiger partial charge in [0.15, 0.2) is 0 Å². The Morgan fingerprint density at radius 3 is 2.61 bits per heavy atom. The maximum Gasteiger partial charge on any atom is 0.315 e. The first-order valence-corrected chi connectivity index (χ1v) is 8.61. The summed E-state index contributed by atoms with van der Waals surface area (Å²) in [7, 11) is 1.65. The molecular formula is C18H26N2O3. The number of methoxy groups -OCH3 is 1. The molecule has 5 nitrogen and oxygen atoms in total. The summed E-state index contributed by atoms with van der Waals surface area (Å²) in [4.78, 5) is 12.2. The van der Waals surface area contributed by atoms with Crippen LogP contribution in [0.3, 0.4) is 0 Å². The van der Waals surface area contributed by atoms with Gasteiger partial charge < -0.3 is 20.1 Å². The van der Waals surface area contributed by atoms with Gasteiger partial charge in [0.1, 0.15) is 18.1 Å². The number of hydrogen-bond donors (Lipinski definition) is 2. The van der Waals surface area contributed by atoms with Crippen molar-refractivity contribution < 1.29 is 14.3 Å². The van der Waals surface area contributed by atoms with Gasteiger partial charge in [0.05, 0.1) is 13.2 Å². The largest absolute Gasteiger partial charge is 0.497 e. The molecule has 0 radical (unpaired) electrons. The number of hydrogen-bond acceptors (Lipinski definition) is 3. The van der Waals surface area contributed by atoms with Crippen molar-refractivity contribution in [3.05, 3.63) is 23.8 Å². The summed E-state index contributed by atoms with van der Waals surface area (Å²) in [5, 5.41) is 6.17. The molecule has 0 spiro atoms. The van der Waals surface area contributed by atoms with E-state index in [4.69, 9.17) is 9.47 Å². The van der Waals surface area contributed by atoms with E-state index in [1.807, 2.05) is 18.2 Å². The van der Waals surface area contributed by atoms with E-state index in [-0.39, 0.29) is 12.1 Å². The summed E-state index contributed by atoms with van der Waals surface area (Å²) in [5.41, 5.74) is 1.08. The Labute approximate surface area is 137 Å². The molecule has 2 aliphatic rings. The zero-order valence-corrected chi connectivity index (χ0v) is 13.8. The monoisotopic (exact) mass is 318 g/mol. The molecule has 1 saturated carbocycles. The van der Waals surface area contributed by atoms with Crippen LogP contribution in [0, 0.1) is 0 Å². The molecule has 1 aliphatic heterocycles. The topological polar surface area (TPSA) is 59.6 Å². The Morgan fingerprint density at radius 2 is 1.87 bits per heavy atom. The quantitative estimate of drug-likeness (QED) is 0.842. The Morgan fingerprint density at radius 1 is 1.13 bits per heavy atom. The fourth-order valence-electron chi connectivity index (χ4n) is 3.43. The lowest BCUT2D eigenvalue weighted by molar-refractivity contribution is 0.210. The van der Waals surface area contributed by atoms with Crippen LogP contribution in [-0.4, -0.2) is 31.8 Å². The first-order chi connectivity index (χ1) is 11.2. The van der Waals surface area contributed by atoms with Gasteiger partial charge >= 0.3 is 6.03 Å². The molecule has 0 bridgehead atoms. The highest BCUT2D eigenvalue weighted by Crippen LogP contribution is 2.28. The number of nitrogens with one attached hydrogen (secondary N) is 2. The summed E-state index contributed by atoms with van der Waals surface area (Å²) < 4.78 is 11.0. The minimum absolute atomic E-state index is 0.000356. The van der Waals surface area contributed by atoms with E-state index in [9.17, 15) is 4.79 Å². The summed E-state index contributed by atoms with van der Waals surface area (Å²) in [6.07, 6.45) is 7.95. The first kappa shape index (κ1) is 16.0. The van der Waals surface area contributed by atoms with Gasteiger partial charge in [-0.1, -0.05) is 25.7 Å². The van der Waals surface area contributed by atoms with Crippen molar-refractivity contribution in [1.82, 2.24) is 10.6 Å². The van der Waals surface area contributed by atoms with Gasteiger partial charge in [0, 0.05) is 6.04 Å². The Bertz CT molecular complexity index is 539. The van der Waals surface area contributed by atoms with E-state index < -0.39 is 0 Å². The molecule has 1 fully saturated rings. The van der Waals surface area contributed by atoms with Crippen LogP contribution >= 0.6 is 0 Å². The molecule has 5 heteroatoms. The zero-order chi connectivity index (χ0) is 16.1. The van der Waals surface area contributed by atoms with Gasteiger partial charge in [0.25, 0.3) is 0 Å². The SMILES string of the molecule is COc1ccc2c(c1)C[C@H](NC(=O)NC1CCCCCC1)CO2. The zero-order valence-electron chi connectivity index (χ0n) is 13.8. The number of ether oxygens (including phenoxy) is 2. The molecule has 1 aromatic rings. The van der Waals surface area contributed by atoms with Gasteiger partial charge in [-0.25, -0.2) is 4.79 Å². The summed E-state index contributed by atoms with van der Waals surface area (Å²) >= 11 is 0. The van der Waals surface area contributed by atoms with Crippen LogP contribution in [0.4, 0.5) is 4.79 Å². The second kappa shape index (κ2) is 7.57. The standard InChI is InChI=1S/C18H26N2O3/c1-22-16-8-9-17-13(11-16)10-15(12-23-17)20-18(21)19-14-6-4-2-3-5-7-14/h8-9,11,14-15H,2-7,10,12H2,1H3,(H2,19,20,21)/t15-/m0/s1. The van der Waals surface area contributed by atoms with Crippen LogP contribution in [0.2, 0.25) is 0 Å². The lowest BCUT2D eigenvalue weighted by atomic mass is 10.0. The lowest BCUT2D eigenvalue weighted by Crippen LogP contribution is -2.49. The average molecular weight is 318 g/mol. The van der Waals surface area contributed by atoms with Crippen molar-refractivity contribution in [3.8, 4) is 11.5 Å². The maximum absolute atomic E-state index is 12.2. The molecule has 0 aromatic heterocycles. The third-order valence-corrected chi connectivity index (χ3v) is 4.70. The minimum atomic E-state index is -0.0724. The second-order valence-electron chi connectivity index (χ2n) is 6.49. The fraction of sp³-hybridized carbons (Fsp3) is 0.611. The highest BCUT2D eigenvalue weighted by molar-refractivity contribution is 5.74. The summed E-state index contributed by atoms with van der Waals surface area (Å²) in [5.74, 6) is 1.70. The van der Waals surface area contributed by atoms with Gasteiger partial charge in [0.2, 0.25) is 0 Å². The van der Waals surface area contributed by atoms with Crippen LogP contribution in [0.5, 0.6) is 11.5 Å². The molecule has 1 aliphatic carbocycles. The number of rotatable bonds is 3. The van der Waals surface area contributed by atoms with E-state index in [1.54, 1.807) is 7.11 Å². The Hall–Kier alpha value is -1.91. The number of amides is 2. The van der Waals surface area contributed by atoms with Crippen LogP contribution in [0.25, 0.3) is 0 Å². The van der Waals surface area contributed by atoms with Crippen molar-refractivity contribution >= 4 is 6.03 Å². The third kappa shape index (κ3) is 4.30. The third-order valence-electron chi connectivity index (χ3n) is 4.70. The van der Waals surface area contributed by atoms with Crippen molar-refractivity contribution in [3.63, 3.8) is 0 Å². The Kier molecular flexibility index (Phi) is 5.26. The van der Waals surface area contributed by atoms with Crippen LogP contribution in [0.15, 0.2) is 18.2 Å². The summed E-state index contributed by atoms with van der Waals surface area (Å²) in [6.45, 7) is 0.511. The van der Waals surface area contributed by atoms with Gasteiger partial charge in [-0.2, -0.15) is 0 Å². The highest BCUT2D eigenvalue weighted by atomic mass is 16.5. The molecule has 3 rings (SSSR count). The molecule has 0 unspecified atom stereocenters. The smallest absolute Gasteiger partial charge is 0.315 e. The number of urea groups is 1. The average Bonchev–Trinajstić information content (AvgIpc) is 2.82. The fourth-order valence-corrected chi connectivity index (χ4v) is 3.43. The van der Waals surface area contributed by atoms with Crippen molar-refractivity contribution in [2.45, 2.75) is 57.0 Å². The Balaban J connectivity index is 1.53. The molecule has 1 atom stereocenters. The number of carbonyl (C=O) groups excluding carboxylic acids is 1. The van der Waals surface area contributed by atoms with Crippen LogP contribution in [0.1, 0.15) is 44.1 Å². The van der Waals surface area contributed by atoms with Crippen molar-refractivity contribution in [2.24, 2.45) is 0 Å². The number of carbonyl (C=O) groups is 1. The predicted octanol–water partition coefficient (Wildman–Crippen LogP) is 3.02. The highest BCUT2D eigenvalue weighted by Gasteiger charge is 2.23. The molecule has 1 aromatic carbocycles. The molecule has 2 N–H and O–H groups in total. The van der Waals surface area contributed by atoms with E-state index in [1.165, 1.54) is 25.7 Å². The molecular weight excluding hydrogens is 292 g/mol. The number of fused-ring (bicyclic) bond motifs is 1.